The molecule has 1 atom stereocenters. The zero-order valence-corrected chi connectivity index (χ0v) is 10.7. The first-order valence-electron chi connectivity index (χ1n) is 4.75. The van der Waals surface area contributed by atoms with Gasteiger partial charge in [0, 0.05) is 16.9 Å². The summed E-state index contributed by atoms with van der Waals surface area (Å²) in [6, 6.07) is 5.57. The Morgan fingerprint density at radius 2 is 2.44 bits per heavy atom. The van der Waals surface area contributed by atoms with Crippen LogP contribution in [0.1, 0.15) is 18.0 Å². The molecule has 1 aliphatic heterocycles. The highest BCUT2D eigenvalue weighted by Gasteiger charge is 2.22. The number of benzene rings is 1. The Balaban J connectivity index is 2.28. The van der Waals surface area contributed by atoms with Crippen molar-refractivity contribution < 1.29 is 14.6 Å². The van der Waals surface area contributed by atoms with Gasteiger partial charge in [0.25, 0.3) is 0 Å². The van der Waals surface area contributed by atoms with E-state index in [1.54, 1.807) is 0 Å². The lowest BCUT2D eigenvalue weighted by atomic mass is 10.0. The number of rotatable bonds is 2. The second kappa shape index (κ2) is 4.97. The molecule has 2 rings (SSSR count). The van der Waals surface area contributed by atoms with E-state index in [1.165, 1.54) is 10.2 Å². The predicted octanol–water partition coefficient (Wildman–Crippen LogP) is 3.18. The standard InChI is InChI=1S/C10H10BrNO3S/c11-16-6-1-2-7-8(12-10(13)14)3-4-15-9(7)5-6/h1-2,5,8,12H,3-4H2,(H,13,14). The summed E-state index contributed by atoms with van der Waals surface area (Å²) in [5.41, 5.74) is 0.902. The summed E-state index contributed by atoms with van der Waals surface area (Å²) >= 11 is 3.29. The molecule has 6 heteroatoms. The van der Waals surface area contributed by atoms with Gasteiger partial charge in [0.2, 0.25) is 0 Å². The average molecular weight is 304 g/mol. The van der Waals surface area contributed by atoms with Crippen LogP contribution < -0.4 is 10.1 Å². The largest absolute Gasteiger partial charge is 0.493 e. The van der Waals surface area contributed by atoms with E-state index in [0.29, 0.717) is 13.0 Å². The van der Waals surface area contributed by atoms with Crippen molar-refractivity contribution >= 4 is 31.1 Å². The Hall–Kier alpha value is -0.880. The topological polar surface area (TPSA) is 58.6 Å². The molecule has 1 heterocycles. The van der Waals surface area contributed by atoms with Gasteiger partial charge in [0.15, 0.2) is 0 Å². The lowest BCUT2D eigenvalue weighted by molar-refractivity contribution is 0.182. The number of carboxylic acid groups (broad SMARTS) is 1. The minimum atomic E-state index is -1.00. The number of fused-ring (bicyclic) bond motifs is 1. The van der Waals surface area contributed by atoms with Crippen LogP contribution in [-0.2, 0) is 0 Å². The first kappa shape index (κ1) is 11.6. The van der Waals surface area contributed by atoms with Gasteiger partial charge in [0.05, 0.1) is 12.6 Å². The maximum absolute atomic E-state index is 10.6. The van der Waals surface area contributed by atoms with Gasteiger partial charge >= 0.3 is 6.09 Å². The molecule has 0 bridgehead atoms. The highest BCUT2D eigenvalue weighted by Crippen LogP contribution is 2.36. The van der Waals surface area contributed by atoms with Crippen LogP contribution in [0.15, 0.2) is 23.1 Å². The molecule has 16 heavy (non-hydrogen) atoms. The van der Waals surface area contributed by atoms with E-state index < -0.39 is 6.09 Å². The number of amides is 1. The molecule has 1 unspecified atom stereocenters. The molecule has 2 N–H and O–H groups in total. The zero-order valence-electron chi connectivity index (χ0n) is 8.27. The molecule has 0 saturated heterocycles. The van der Waals surface area contributed by atoms with E-state index in [-0.39, 0.29) is 6.04 Å². The van der Waals surface area contributed by atoms with E-state index in [2.05, 4.69) is 20.1 Å². The Kier molecular flexibility index (Phi) is 3.60. The molecule has 0 spiro atoms. The summed E-state index contributed by atoms with van der Waals surface area (Å²) in [4.78, 5) is 11.7. The third-order valence-electron chi connectivity index (χ3n) is 2.41. The van der Waals surface area contributed by atoms with Crippen molar-refractivity contribution in [3.8, 4) is 5.75 Å². The van der Waals surface area contributed by atoms with Crippen molar-refractivity contribution in [3.05, 3.63) is 23.8 Å². The van der Waals surface area contributed by atoms with Gasteiger partial charge in [-0.1, -0.05) is 6.07 Å². The fraction of sp³-hybridized carbons (Fsp3) is 0.300. The van der Waals surface area contributed by atoms with Crippen LogP contribution in [0, 0.1) is 0 Å². The molecule has 1 aromatic carbocycles. The van der Waals surface area contributed by atoms with Crippen molar-refractivity contribution in [2.75, 3.05) is 6.61 Å². The van der Waals surface area contributed by atoms with Gasteiger partial charge in [0.1, 0.15) is 5.75 Å². The minimum absolute atomic E-state index is 0.171. The van der Waals surface area contributed by atoms with Crippen LogP contribution in [0.3, 0.4) is 0 Å². The van der Waals surface area contributed by atoms with Crippen molar-refractivity contribution in [2.24, 2.45) is 0 Å². The SMILES string of the molecule is O=C(O)NC1CCOc2cc(SBr)ccc21. The number of nitrogens with one attached hydrogen (secondary N) is 1. The van der Waals surface area contributed by atoms with E-state index in [9.17, 15) is 4.79 Å². The average Bonchev–Trinajstić information content (AvgIpc) is 2.28. The van der Waals surface area contributed by atoms with Crippen LogP contribution in [0.2, 0.25) is 0 Å². The molecular formula is C10H10BrNO3S. The third kappa shape index (κ3) is 2.44. The number of carbonyl (C=O) groups is 1. The van der Waals surface area contributed by atoms with Gasteiger partial charge < -0.3 is 15.2 Å². The third-order valence-corrected chi connectivity index (χ3v) is 3.96. The highest BCUT2D eigenvalue weighted by atomic mass is 79.9. The predicted molar refractivity (Wildman–Crippen MR) is 65.2 cm³/mol. The normalized spacial score (nSPS) is 18.4. The number of hydrogen-bond donors (Lipinski definition) is 2. The number of hydrogen-bond acceptors (Lipinski definition) is 3. The van der Waals surface area contributed by atoms with Gasteiger partial charge in [-0.05, 0) is 37.1 Å². The van der Waals surface area contributed by atoms with Crippen molar-refractivity contribution in [1.29, 1.82) is 0 Å². The Morgan fingerprint density at radius 1 is 1.62 bits per heavy atom. The monoisotopic (exact) mass is 303 g/mol. The summed E-state index contributed by atoms with van der Waals surface area (Å²) in [5, 5.41) is 11.2. The zero-order chi connectivity index (χ0) is 11.5. The number of halogens is 1. The minimum Gasteiger partial charge on any atom is -0.493 e. The molecule has 4 nitrogen and oxygen atoms in total. The van der Waals surface area contributed by atoms with Gasteiger partial charge in [-0.2, -0.15) is 0 Å². The molecule has 1 aromatic rings. The quantitative estimate of drug-likeness (QED) is 0.881. The van der Waals surface area contributed by atoms with E-state index in [4.69, 9.17) is 9.84 Å². The summed E-state index contributed by atoms with van der Waals surface area (Å²) in [6.45, 7) is 0.536. The second-order valence-corrected chi connectivity index (χ2v) is 5.01. The lowest BCUT2D eigenvalue weighted by Gasteiger charge is -2.25. The molecule has 1 aliphatic rings. The van der Waals surface area contributed by atoms with Crippen LogP contribution >= 0.6 is 25.0 Å². The first-order valence-corrected chi connectivity index (χ1v) is 7.41. The van der Waals surface area contributed by atoms with Crippen molar-refractivity contribution in [3.63, 3.8) is 0 Å². The summed E-state index contributed by atoms with van der Waals surface area (Å²) in [6.07, 6.45) is -0.336. The van der Waals surface area contributed by atoms with Gasteiger partial charge in [-0.25, -0.2) is 4.79 Å². The number of ether oxygens (including phenoxy) is 1. The van der Waals surface area contributed by atoms with Crippen LogP contribution in [0.4, 0.5) is 4.79 Å². The fourth-order valence-electron chi connectivity index (χ4n) is 1.72. The van der Waals surface area contributed by atoms with Crippen LogP contribution in [-0.4, -0.2) is 17.8 Å². The van der Waals surface area contributed by atoms with E-state index >= 15 is 0 Å². The van der Waals surface area contributed by atoms with Crippen molar-refractivity contribution in [1.82, 2.24) is 5.32 Å². The molecule has 0 fully saturated rings. The Labute approximate surface area is 105 Å². The Morgan fingerprint density at radius 3 is 3.12 bits per heavy atom. The summed E-state index contributed by atoms with van der Waals surface area (Å²) in [7, 11) is 1.45. The van der Waals surface area contributed by atoms with Gasteiger partial charge in [-0.15, -0.1) is 0 Å². The van der Waals surface area contributed by atoms with E-state index in [0.717, 1.165) is 16.2 Å². The molecule has 1 amide bonds. The highest BCUT2D eigenvalue weighted by molar-refractivity contribution is 9.50. The van der Waals surface area contributed by atoms with Crippen LogP contribution in [0.25, 0.3) is 0 Å². The second-order valence-electron chi connectivity index (χ2n) is 3.42. The molecule has 86 valence electrons. The first-order chi connectivity index (χ1) is 7.70. The summed E-state index contributed by atoms with van der Waals surface area (Å²) < 4.78 is 5.51. The molecule has 0 aliphatic carbocycles. The fourth-order valence-corrected chi connectivity index (χ4v) is 2.59. The molecule has 0 radical (unpaired) electrons. The van der Waals surface area contributed by atoms with E-state index in [1.807, 2.05) is 18.2 Å². The van der Waals surface area contributed by atoms with Gasteiger partial charge in [-0.3, -0.25) is 0 Å². The molecule has 0 saturated carbocycles. The maximum atomic E-state index is 10.6. The molecular weight excluding hydrogens is 294 g/mol. The summed E-state index contributed by atoms with van der Waals surface area (Å²) in [5.74, 6) is 0.759. The lowest BCUT2D eigenvalue weighted by Crippen LogP contribution is -2.30. The van der Waals surface area contributed by atoms with Crippen LogP contribution in [0.5, 0.6) is 5.75 Å². The molecule has 0 aromatic heterocycles. The Bertz CT molecular complexity index is 413. The van der Waals surface area contributed by atoms with Crippen molar-refractivity contribution in [2.45, 2.75) is 17.4 Å². The maximum Gasteiger partial charge on any atom is 0.405 e. The smallest absolute Gasteiger partial charge is 0.405 e.